The molecule has 6 aromatic carbocycles. The standard InChI is InChI=1S/2C23H19F3N4O4S/c2*1-29(35(32,33)18-13-9-16(10-14-18)23(24,25)26)22(31)21(15-7-11-17(34-2)12-8-15)30-20-6-4-3-5-19(20)27-28-30/h2*3-14,21H,1-2H3/t2*21-/m11/s1. The van der Waals surface area contributed by atoms with Gasteiger partial charge in [0.15, 0.2) is 12.1 Å². The van der Waals surface area contributed by atoms with Crippen LogP contribution in [0.4, 0.5) is 26.3 Å². The van der Waals surface area contributed by atoms with Gasteiger partial charge in [-0.05, 0) is 108 Å². The Hall–Kier alpha value is -7.86. The lowest BCUT2D eigenvalue weighted by Crippen LogP contribution is -2.39. The minimum atomic E-state index is -4.63. The van der Waals surface area contributed by atoms with Gasteiger partial charge in [-0.1, -0.05) is 59.0 Å². The van der Waals surface area contributed by atoms with Crippen molar-refractivity contribution in [1.82, 2.24) is 38.6 Å². The van der Waals surface area contributed by atoms with Gasteiger partial charge in [-0.2, -0.15) is 26.3 Å². The van der Waals surface area contributed by atoms with Crippen molar-refractivity contribution >= 4 is 53.9 Å². The molecule has 0 fully saturated rings. The number of nitrogens with zero attached hydrogens (tertiary/aromatic N) is 8. The third-order valence-corrected chi connectivity index (χ3v) is 14.4. The molecule has 0 saturated heterocycles. The van der Waals surface area contributed by atoms with E-state index in [0.717, 1.165) is 38.4 Å². The Morgan fingerprint density at radius 1 is 0.500 bits per heavy atom. The summed E-state index contributed by atoms with van der Waals surface area (Å²) in [5.74, 6) is -0.723. The van der Waals surface area contributed by atoms with Gasteiger partial charge >= 0.3 is 12.4 Å². The van der Waals surface area contributed by atoms with Gasteiger partial charge in [-0.15, -0.1) is 10.2 Å². The fourth-order valence-electron chi connectivity index (χ4n) is 7.03. The first-order valence-electron chi connectivity index (χ1n) is 20.4. The number of methoxy groups -OCH3 is 2. The normalized spacial score (nSPS) is 12.9. The summed E-state index contributed by atoms with van der Waals surface area (Å²) in [7, 11) is -3.91. The average molecular weight is 1010 g/mol. The molecule has 2 heterocycles. The van der Waals surface area contributed by atoms with E-state index in [2.05, 4.69) is 20.6 Å². The smallest absolute Gasteiger partial charge is 0.416 e. The molecule has 2 aromatic heterocycles. The van der Waals surface area contributed by atoms with Crippen molar-refractivity contribution in [2.24, 2.45) is 0 Å². The van der Waals surface area contributed by atoms with Gasteiger partial charge in [0.1, 0.15) is 22.5 Å². The fourth-order valence-corrected chi connectivity index (χ4v) is 9.30. The van der Waals surface area contributed by atoms with Gasteiger partial charge in [0.25, 0.3) is 31.9 Å². The van der Waals surface area contributed by atoms with E-state index in [-0.39, 0.29) is 0 Å². The number of hydrogen-bond donors (Lipinski definition) is 0. The molecule has 0 N–H and O–H groups in total. The number of rotatable bonds is 12. The molecule has 0 aliphatic rings. The Morgan fingerprint density at radius 3 is 1.11 bits per heavy atom. The summed E-state index contributed by atoms with van der Waals surface area (Å²) in [6, 6.07) is 29.9. The highest BCUT2D eigenvalue weighted by atomic mass is 32.2. The third kappa shape index (κ3) is 10.1. The maximum atomic E-state index is 13.6. The zero-order valence-corrected chi connectivity index (χ0v) is 38.6. The van der Waals surface area contributed by atoms with E-state index in [1.807, 2.05) is 0 Å². The van der Waals surface area contributed by atoms with Gasteiger partial charge in [-0.3, -0.25) is 9.59 Å². The topological polar surface area (TPSA) is 189 Å². The van der Waals surface area contributed by atoms with Crippen LogP contribution >= 0.6 is 0 Å². The SMILES string of the molecule is COc1ccc([C@H](C(=O)N(C)S(=O)(=O)c2ccc(C(F)(F)F)cc2)n2nnc3ccccc32)cc1.COc1ccc([C@H](C(=O)N(C)S(=O)(=O)c2ccc(C(F)(F)F)cc2)n2nnc3ccccc32)cc1. The van der Waals surface area contributed by atoms with E-state index >= 15 is 0 Å². The third-order valence-electron chi connectivity index (χ3n) is 10.9. The highest BCUT2D eigenvalue weighted by Crippen LogP contribution is 2.34. The second kappa shape index (κ2) is 19.6. The van der Waals surface area contributed by atoms with Crippen LogP contribution in [0.15, 0.2) is 155 Å². The number of amides is 2. The van der Waals surface area contributed by atoms with E-state index in [9.17, 15) is 52.8 Å². The highest BCUT2D eigenvalue weighted by Gasteiger charge is 2.38. The van der Waals surface area contributed by atoms with Crippen LogP contribution < -0.4 is 9.47 Å². The number of benzene rings is 6. The molecule has 0 saturated carbocycles. The molecule has 2 amide bonds. The number of halogens is 6. The Balaban J connectivity index is 0.000000206. The van der Waals surface area contributed by atoms with Crippen molar-refractivity contribution in [3.63, 3.8) is 0 Å². The number of carbonyl (C=O) groups excluding carboxylic acids is 2. The molecular formula is C46H38F6N8O8S2. The number of ether oxygens (including phenoxy) is 2. The van der Waals surface area contributed by atoms with Gasteiger partial charge in [0.05, 0.1) is 46.2 Å². The van der Waals surface area contributed by atoms with Crippen LogP contribution in [0.2, 0.25) is 0 Å². The molecule has 2 atom stereocenters. The number of sulfonamides is 2. The number of para-hydroxylation sites is 2. The molecular weight excluding hydrogens is 971 g/mol. The first kappa shape index (κ1) is 50.0. The summed E-state index contributed by atoms with van der Waals surface area (Å²) in [4.78, 5) is 26.3. The van der Waals surface area contributed by atoms with Crippen molar-refractivity contribution in [1.29, 1.82) is 0 Å². The zero-order valence-electron chi connectivity index (χ0n) is 36.9. The predicted molar refractivity (Wildman–Crippen MR) is 240 cm³/mol. The summed E-state index contributed by atoms with van der Waals surface area (Å²) in [6.45, 7) is 0. The second-order valence-corrected chi connectivity index (χ2v) is 19.0. The summed E-state index contributed by atoms with van der Waals surface area (Å²) < 4.78 is 144. The average Bonchev–Trinajstić information content (AvgIpc) is 3.98. The molecule has 364 valence electrons. The lowest BCUT2D eigenvalue weighted by Gasteiger charge is -2.24. The van der Waals surface area contributed by atoms with Crippen LogP contribution in [-0.4, -0.2) is 95.6 Å². The minimum Gasteiger partial charge on any atom is -0.497 e. The molecule has 70 heavy (non-hydrogen) atoms. The fraction of sp³-hybridized carbons (Fsp3) is 0.174. The Labute approximate surface area is 395 Å². The quantitative estimate of drug-likeness (QED) is 0.108. The second-order valence-electron chi connectivity index (χ2n) is 15.1. The molecule has 24 heteroatoms. The lowest BCUT2D eigenvalue weighted by atomic mass is 10.1. The van der Waals surface area contributed by atoms with Crippen LogP contribution in [0.25, 0.3) is 22.1 Å². The first-order chi connectivity index (χ1) is 33.1. The summed E-state index contributed by atoms with van der Waals surface area (Å²) in [6.07, 6.45) is -9.25. The Bertz CT molecular complexity index is 3160. The van der Waals surface area contributed by atoms with Gasteiger partial charge in [-0.25, -0.2) is 34.8 Å². The van der Waals surface area contributed by atoms with Crippen LogP contribution in [-0.2, 0) is 42.0 Å². The van der Waals surface area contributed by atoms with Crippen molar-refractivity contribution in [3.8, 4) is 11.5 Å². The molecule has 8 aromatic rings. The van der Waals surface area contributed by atoms with Crippen molar-refractivity contribution in [2.75, 3.05) is 28.3 Å². The summed E-state index contributed by atoms with van der Waals surface area (Å²) >= 11 is 0. The lowest BCUT2D eigenvalue weighted by molar-refractivity contribution is -0.138. The Kier molecular flexibility index (Phi) is 14.0. The van der Waals surface area contributed by atoms with E-state index in [4.69, 9.17) is 9.47 Å². The predicted octanol–water partition coefficient (Wildman–Crippen LogP) is 7.79. The molecule has 0 spiro atoms. The summed E-state index contributed by atoms with van der Waals surface area (Å²) in [5.41, 5.74) is 0.760. The molecule has 0 bridgehead atoms. The van der Waals surface area contributed by atoms with Crippen LogP contribution in [0.1, 0.15) is 34.3 Å². The van der Waals surface area contributed by atoms with Crippen molar-refractivity contribution < 1.29 is 62.2 Å². The molecule has 0 aliphatic heterocycles. The molecule has 0 radical (unpaired) electrons. The zero-order chi connectivity index (χ0) is 50.8. The molecule has 8 rings (SSSR count). The number of fused-ring (bicyclic) bond motifs is 2. The number of likely N-dealkylation sites (N-methyl/N-ethyl adjacent to an activating group) is 2. The van der Waals surface area contributed by atoms with E-state index in [0.29, 0.717) is 77.6 Å². The van der Waals surface area contributed by atoms with E-state index in [1.54, 1.807) is 97.1 Å². The largest absolute Gasteiger partial charge is 0.497 e. The molecule has 0 unspecified atom stereocenters. The first-order valence-corrected chi connectivity index (χ1v) is 23.2. The van der Waals surface area contributed by atoms with Crippen molar-refractivity contribution in [2.45, 2.75) is 34.2 Å². The number of carbonyl (C=O) groups is 2. The molecule has 16 nitrogen and oxygen atoms in total. The molecule has 0 aliphatic carbocycles. The van der Waals surface area contributed by atoms with E-state index < -0.39 is 77.2 Å². The number of hydrogen-bond acceptors (Lipinski definition) is 12. The Morgan fingerprint density at radius 2 is 0.814 bits per heavy atom. The highest BCUT2D eigenvalue weighted by molar-refractivity contribution is 7.90. The summed E-state index contributed by atoms with van der Waals surface area (Å²) in [5, 5.41) is 16.3. The van der Waals surface area contributed by atoms with Gasteiger partial charge in [0, 0.05) is 14.1 Å². The van der Waals surface area contributed by atoms with Crippen LogP contribution in [0, 0.1) is 0 Å². The van der Waals surface area contributed by atoms with E-state index in [1.165, 1.54) is 23.6 Å². The van der Waals surface area contributed by atoms with Gasteiger partial charge < -0.3 is 9.47 Å². The van der Waals surface area contributed by atoms with Crippen LogP contribution in [0.5, 0.6) is 11.5 Å². The maximum Gasteiger partial charge on any atom is 0.416 e. The maximum absolute atomic E-state index is 13.6. The van der Waals surface area contributed by atoms with Crippen molar-refractivity contribution in [3.05, 3.63) is 168 Å². The number of aromatic nitrogens is 6. The number of alkyl halides is 6. The van der Waals surface area contributed by atoms with Crippen LogP contribution in [0.3, 0.4) is 0 Å². The monoisotopic (exact) mass is 1010 g/mol. The van der Waals surface area contributed by atoms with Gasteiger partial charge in [0.2, 0.25) is 0 Å². The minimum absolute atomic E-state index is 0.404.